The Labute approximate surface area is 186 Å². The van der Waals surface area contributed by atoms with Gasteiger partial charge in [-0.3, -0.25) is 9.59 Å². The summed E-state index contributed by atoms with van der Waals surface area (Å²) in [4.78, 5) is 36.8. The summed E-state index contributed by atoms with van der Waals surface area (Å²) in [5, 5.41) is 6.50. The molecule has 0 spiro atoms. The quantitative estimate of drug-likeness (QED) is 0.211. The Kier molecular flexibility index (Phi) is 7.13. The molecule has 162 valence electrons. The van der Waals surface area contributed by atoms with Crippen molar-refractivity contribution in [1.29, 1.82) is 0 Å². The summed E-state index contributed by atoms with van der Waals surface area (Å²) in [6.45, 7) is 5.39. The van der Waals surface area contributed by atoms with Crippen LogP contribution in [-0.2, 0) is 9.59 Å². The Hall–Kier alpha value is -4.26. The zero-order chi connectivity index (χ0) is 23.1. The number of para-hydroxylation sites is 1. The van der Waals surface area contributed by atoms with Gasteiger partial charge in [-0.2, -0.15) is 5.10 Å². The van der Waals surface area contributed by atoms with Gasteiger partial charge >= 0.3 is 17.8 Å². The second kappa shape index (κ2) is 10.2. The molecular formula is C25H23N3O4. The smallest absolute Gasteiger partial charge is 0.343 e. The number of ether oxygens (including phenoxy) is 1. The summed E-state index contributed by atoms with van der Waals surface area (Å²) >= 11 is 0. The molecule has 0 radical (unpaired) electrons. The molecule has 0 saturated heterocycles. The number of nitrogens with one attached hydrogen (secondary N) is 2. The average Bonchev–Trinajstić information content (AvgIpc) is 2.79. The van der Waals surface area contributed by atoms with E-state index in [1.54, 1.807) is 55.5 Å². The van der Waals surface area contributed by atoms with Crippen molar-refractivity contribution in [1.82, 2.24) is 5.43 Å². The first kappa shape index (κ1) is 22.4. The van der Waals surface area contributed by atoms with E-state index in [0.29, 0.717) is 28.3 Å². The number of aryl methyl sites for hydroxylation is 2. The molecule has 7 nitrogen and oxygen atoms in total. The second-order valence-corrected chi connectivity index (χ2v) is 7.16. The third-order valence-electron chi connectivity index (χ3n) is 4.69. The van der Waals surface area contributed by atoms with E-state index in [9.17, 15) is 14.4 Å². The summed E-state index contributed by atoms with van der Waals surface area (Å²) in [7, 11) is 0. The number of anilines is 1. The van der Waals surface area contributed by atoms with Crippen LogP contribution in [0.1, 0.15) is 34.0 Å². The molecule has 0 fully saturated rings. The monoisotopic (exact) mass is 429 g/mol. The number of hydrogen-bond donors (Lipinski definition) is 2. The minimum Gasteiger partial charge on any atom is -0.422 e. The molecule has 0 aliphatic heterocycles. The highest BCUT2D eigenvalue weighted by atomic mass is 16.5. The van der Waals surface area contributed by atoms with Crippen LogP contribution in [0.2, 0.25) is 0 Å². The van der Waals surface area contributed by atoms with Crippen LogP contribution in [-0.4, -0.2) is 23.5 Å². The Bertz CT molecular complexity index is 1180. The van der Waals surface area contributed by atoms with Crippen molar-refractivity contribution in [2.45, 2.75) is 20.8 Å². The van der Waals surface area contributed by atoms with Crippen LogP contribution in [0.3, 0.4) is 0 Å². The van der Waals surface area contributed by atoms with Crippen LogP contribution in [0.15, 0.2) is 77.9 Å². The van der Waals surface area contributed by atoms with E-state index in [4.69, 9.17) is 4.74 Å². The van der Waals surface area contributed by atoms with Crippen LogP contribution in [0.5, 0.6) is 5.75 Å². The van der Waals surface area contributed by atoms with Gasteiger partial charge in [0.25, 0.3) is 0 Å². The van der Waals surface area contributed by atoms with Crippen molar-refractivity contribution in [2.24, 2.45) is 5.10 Å². The number of nitrogens with zero attached hydrogens (tertiary/aromatic N) is 1. The second-order valence-electron chi connectivity index (χ2n) is 7.16. The largest absolute Gasteiger partial charge is 0.422 e. The lowest BCUT2D eigenvalue weighted by molar-refractivity contribution is -0.136. The van der Waals surface area contributed by atoms with Gasteiger partial charge in [0.1, 0.15) is 5.75 Å². The number of amides is 2. The van der Waals surface area contributed by atoms with E-state index >= 15 is 0 Å². The maximum absolute atomic E-state index is 12.6. The van der Waals surface area contributed by atoms with Crippen molar-refractivity contribution < 1.29 is 19.1 Å². The van der Waals surface area contributed by atoms with Gasteiger partial charge in [-0.1, -0.05) is 48.0 Å². The molecule has 3 rings (SSSR count). The first-order valence-corrected chi connectivity index (χ1v) is 9.94. The van der Waals surface area contributed by atoms with Gasteiger partial charge in [-0.15, -0.1) is 0 Å². The fourth-order valence-corrected chi connectivity index (χ4v) is 2.88. The molecule has 3 aromatic carbocycles. The number of rotatable bonds is 5. The molecule has 0 atom stereocenters. The number of carbonyl (C=O) groups is 3. The standard InChI is InChI=1S/C25H23N3O4/c1-16-12-14-19(15-13-16)26-23(29)24(30)28-27-18(3)21-10-6-7-11-22(21)32-25(31)20-9-5-4-8-17(20)2/h4-15H,1-3H3,(H,26,29)(H,28,30)/b27-18+. The van der Waals surface area contributed by atoms with Gasteiger partial charge in [-0.25, -0.2) is 10.2 Å². The van der Waals surface area contributed by atoms with Crippen LogP contribution >= 0.6 is 0 Å². The summed E-state index contributed by atoms with van der Waals surface area (Å²) in [6.07, 6.45) is 0. The zero-order valence-electron chi connectivity index (χ0n) is 18.0. The van der Waals surface area contributed by atoms with Gasteiger partial charge in [0.15, 0.2) is 0 Å². The van der Waals surface area contributed by atoms with E-state index in [2.05, 4.69) is 15.8 Å². The molecule has 0 heterocycles. The van der Waals surface area contributed by atoms with E-state index in [-0.39, 0.29) is 0 Å². The minimum absolute atomic E-state index is 0.292. The number of hydrazone groups is 1. The lowest BCUT2D eigenvalue weighted by atomic mass is 10.1. The molecule has 2 N–H and O–H groups in total. The number of benzene rings is 3. The molecule has 0 aliphatic rings. The Balaban J connectivity index is 1.69. The third-order valence-corrected chi connectivity index (χ3v) is 4.69. The molecule has 7 heteroatoms. The summed E-state index contributed by atoms with van der Waals surface area (Å²) in [6, 6.07) is 21.0. The predicted molar refractivity (Wildman–Crippen MR) is 123 cm³/mol. The highest BCUT2D eigenvalue weighted by Gasteiger charge is 2.16. The lowest BCUT2D eigenvalue weighted by Crippen LogP contribution is -2.33. The fourth-order valence-electron chi connectivity index (χ4n) is 2.88. The molecule has 2 amide bonds. The van der Waals surface area contributed by atoms with Crippen molar-refractivity contribution in [3.8, 4) is 5.75 Å². The minimum atomic E-state index is -0.917. The van der Waals surface area contributed by atoms with Crippen LogP contribution < -0.4 is 15.5 Å². The topological polar surface area (TPSA) is 96.9 Å². The van der Waals surface area contributed by atoms with E-state index < -0.39 is 17.8 Å². The van der Waals surface area contributed by atoms with Crippen LogP contribution in [0.4, 0.5) is 5.69 Å². The van der Waals surface area contributed by atoms with E-state index in [1.807, 2.05) is 38.1 Å². The van der Waals surface area contributed by atoms with Crippen molar-refractivity contribution >= 4 is 29.2 Å². The Morgan fingerprint density at radius 3 is 2.09 bits per heavy atom. The van der Waals surface area contributed by atoms with Gasteiger partial charge in [0, 0.05) is 11.3 Å². The van der Waals surface area contributed by atoms with Gasteiger partial charge in [0.2, 0.25) is 0 Å². The average molecular weight is 429 g/mol. The molecular weight excluding hydrogens is 406 g/mol. The van der Waals surface area contributed by atoms with Crippen molar-refractivity contribution in [3.63, 3.8) is 0 Å². The van der Waals surface area contributed by atoms with Gasteiger partial charge < -0.3 is 10.1 Å². The normalized spacial score (nSPS) is 10.9. The fraction of sp³-hybridized carbons (Fsp3) is 0.120. The highest BCUT2D eigenvalue weighted by Crippen LogP contribution is 2.21. The first-order valence-electron chi connectivity index (χ1n) is 9.94. The number of esters is 1. The van der Waals surface area contributed by atoms with Crippen molar-refractivity contribution in [3.05, 3.63) is 95.1 Å². The third kappa shape index (κ3) is 5.66. The summed E-state index contributed by atoms with van der Waals surface area (Å²) in [5.74, 6) is -1.96. The van der Waals surface area contributed by atoms with Crippen molar-refractivity contribution in [2.75, 3.05) is 5.32 Å². The van der Waals surface area contributed by atoms with Gasteiger partial charge in [0.05, 0.1) is 11.3 Å². The van der Waals surface area contributed by atoms with Gasteiger partial charge in [-0.05, 0) is 56.7 Å². The molecule has 32 heavy (non-hydrogen) atoms. The zero-order valence-corrected chi connectivity index (χ0v) is 18.0. The van der Waals surface area contributed by atoms with E-state index in [0.717, 1.165) is 11.1 Å². The number of carbonyl (C=O) groups excluding carboxylic acids is 3. The molecule has 0 aromatic heterocycles. The van der Waals surface area contributed by atoms with Crippen LogP contribution in [0.25, 0.3) is 0 Å². The molecule has 0 aliphatic carbocycles. The summed E-state index contributed by atoms with van der Waals surface area (Å²) < 4.78 is 5.56. The first-order chi connectivity index (χ1) is 15.3. The molecule has 0 saturated carbocycles. The highest BCUT2D eigenvalue weighted by molar-refractivity contribution is 6.39. The Morgan fingerprint density at radius 1 is 0.781 bits per heavy atom. The Morgan fingerprint density at radius 2 is 1.41 bits per heavy atom. The molecule has 0 unspecified atom stereocenters. The van der Waals surface area contributed by atoms with E-state index in [1.165, 1.54) is 0 Å². The lowest BCUT2D eigenvalue weighted by Gasteiger charge is -2.11. The molecule has 0 bridgehead atoms. The number of hydrogen-bond acceptors (Lipinski definition) is 5. The SMILES string of the molecule is C/C(=N\NC(=O)C(=O)Nc1ccc(C)cc1)c1ccccc1OC(=O)c1ccccc1C. The predicted octanol–water partition coefficient (Wildman–Crippen LogP) is 4.00. The maximum atomic E-state index is 12.6. The molecule has 3 aromatic rings. The van der Waals surface area contributed by atoms with Crippen LogP contribution in [0, 0.1) is 13.8 Å². The summed E-state index contributed by atoms with van der Waals surface area (Å²) in [5.41, 5.74) is 5.90. The maximum Gasteiger partial charge on any atom is 0.343 e.